The van der Waals surface area contributed by atoms with Gasteiger partial charge in [-0.1, -0.05) is 37.6 Å². The van der Waals surface area contributed by atoms with Crippen molar-refractivity contribution in [2.24, 2.45) is 5.92 Å². The Morgan fingerprint density at radius 2 is 2.12 bits per heavy atom. The van der Waals surface area contributed by atoms with E-state index in [2.05, 4.69) is 5.32 Å². The molecule has 0 bridgehead atoms. The van der Waals surface area contributed by atoms with Crippen LogP contribution in [0.25, 0.3) is 0 Å². The third kappa shape index (κ3) is 4.93. The van der Waals surface area contributed by atoms with E-state index in [0.29, 0.717) is 29.7 Å². The zero-order chi connectivity index (χ0) is 18.5. The maximum atomic E-state index is 12.1. The molecule has 0 saturated carbocycles. The summed E-state index contributed by atoms with van der Waals surface area (Å²) < 4.78 is 11.0. The molecule has 2 aromatic rings. The average Bonchev–Trinajstić information content (AvgIpc) is 2.60. The van der Waals surface area contributed by atoms with Crippen LogP contribution in [-0.4, -0.2) is 12.7 Å². The van der Waals surface area contributed by atoms with Crippen molar-refractivity contribution in [3.05, 3.63) is 52.5 Å². The fraction of sp³-hybridized carbons (Fsp3) is 0.350. The second-order valence-electron chi connectivity index (χ2n) is 6.59. The predicted molar refractivity (Wildman–Crippen MR) is 106 cm³/mol. The van der Waals surface area contributed by atoms with Crippen LogP contribution >= 0.6 is 23.4 Å². The molecule has 0 unspecified atom stereocenters. The van der Waals surface area contributed by atoms with Gasteiger partial charge in [-0.25, -0.2) is 0 Å². The Hall–Kier alpha value is -1.69. The number of rotatable bonds is 6. The number of carbonyl (C=O) groups excluding carboxylic acids is 1. The summed E-state index contributed by atoms with van der Waals surface area (Å²) in [7, 11) is 0. The molecule has 1 aliphatic heterocycles. The van der Waals surface area contributed by atoms with E-state index >= 15 is 0 Å². The molecule has 4 nitrogen and oxygen atoms in total. The van der Waals surface area contributed by atoms with Crippen molar-refractivity contribution in [2.45, 2.75) is 37.5 Å². The lowest BCUT2D eigenvalue weighted by Crippen LogP contribution is -2.14. The lowest BCUT2D eigenvalue weighted by molar-refractivity contribution is -0.116. The summed E-state index contributed by atoms with van der Waals surface area (Å²) in [4.78, 5) is 13.1. The third-order valence-electron chi connectivity index (χ3n) is 3.89. The first-order valence-electron chi connectivity index (χ1n) is 8.56. The molecule has 3 rings (SSSR count). The maximum absolute atomic E-state index is 12.1. The van der Waals surface area contributed by atoms with E-state index < -0.39 is 0 Å². The molecule has 0 radical (unpaired) electrons. The molecule has 26 heavy (non-hydrogen) atoms. The molecule has 1 aliphatic rings. The number of carbonyl (C=O) groups is 1. The summed E-state index contributed by atoms with van der Waals surface area (Å²) in [6.07, 6.45) is 0.509. The third-order valence-corrected chi connectivity index (χ3v) is 5.23. The SMILES string of the molecule is CC(C)CC(=O)Nc1ccccc1SCc1cc(Cl)cc2c1OCOC2. The summed E-state index contributed by atoms with van der Waals surface area (Å²) in [6.45, 7) is 4.84. The number of benzene rings is 2. The first kappa shape index (κ1) is 19.1. The van der Waals surface area contributed by atoms with Gasteiger partial charge < -0.3 is 14.8 Å². The van der Waals surface area contributed by atoms with E-state index in [9.17, 15) is 4.79 Å². The Morgan fingerprint density at radius 3 is 2.92 bits per heavy atom. The Balaban J connectivity index is 1.75. The molecule has 6 heteroatoms. The van der Waals surface area contributed by atoms with Crippen molar-refractivity contribution in [2.75, 3.05) is 12.1 Å². The van der Waals surface area contributed by atoms with Crippen LogP contribution in [0.15, 0.2) is 41.3 Å². The van der Waals surface area contributed by atoms with Crippen LogP contribution in [0, 0.1) is 5.92 Å². The minimum Gasteiger partial charge on any atom is -0.467 e. The number of para-hydroxylation sites is 1. The highest BCUT2D eigenvalue weighted by molar-refractivity contribution is 7.98. The molecule has 1 amide bonds. The smallest absolute Gasteiger partial charge is 0.224 e. The van der Waals surface area contributed by atoms with Gasteiger partial charge in [0, 0.05) is 33.2 Å². The summed E-state index contributed by atoms with van der Waals surface area (Å²) >= 11 is 7.88. The van der Waals surface area contributed by atoms with Crippen LogP contribution in [-0.2, 0) is 21.9 Å². The van der Waals surface area contributed by atoms with E-state index in [4.69, 9.17) is 21.1 Å². The fourth-order valence-corrected chi connectivity index (χ4v) is 4.03. The predicted octanol–water partition coefficient (Wildman–Crippen LogP) is 5.48. The van der Waals surface area contributed by atoms with Gasteiger partial charge >= 0.3 is 0 Å². The quantitative estimate of drug-likeness (QED) is 0.662. The highest BCUT2D eigenvalue weighted by atomic mass is 35.5. The summed E-state index contributed by atoms with van der Waals surface area (Å²) in [5.41, 5.74) is 2.84. The number of fused-ring (bicyclic) bond motifs is 1. The maximum Gasteiger partial charge on any atom is 0.224 e. The van der Waals surface area contributed by atoms with Crippen LogP contribution in [0.5, 0.6) is 5.75 Å². The number of thioether (sulfide) groups is 1. The zero-order valence-electron chi connectivity index (χ0n) is 14.9. The minimum atomic E-state index is 0.0358. The highest BCUT2D eigenvalue weighted by Crippen LogP contribution is 2.37. The lowest BCUT2D eigenvalue weighted by Gasteiger charge is -2.21. The Bertz CT molecular complexity index is 795. The molecule has 0 fully saturated rings. The van der Waals surface area contributed by atoms with Gasteiger partial charge in [0.05, 0.1) is 12.3 Å². The van der Waals surface area contributed by atoms with Gasteiger partial charge in [-0.05, 0) is 30.2 Å². The van der Waals surface area contributed by atoms with Crippen LogP contribution in [0.3, 0.4) is 0 Å². The molecule has 1 N–H and O–H groups in total. The number of halogens is 1. The molecule has 0 aromatic heterocycles. The summed E-state index contributed by atoms with van der Waals surface area (Å²) in [5, 5.41) is 3.69. The molecule has 1 heterocycles. The summed E-state index contributed by atoms with van der Waals surface area (Å²) in [5.74, 6) is 1.91. The second kappa shape index (κ2) is 8.80. The first-order chi connectivity index (χ1) is 12.5. The molecule has 0 saturated heterocycles. The summed E-state index contributed by atoms with van der Waals surface area (Å²) in [6, 6.07) is 11.6. The van der Waals surface area contributed by atoms with Crippen molar-refractivity contribution >= 4 is 35.0 Å². The van der Waals surface area contributed by atoms with E-state index in [1.54, 1.807) is 11.8 Å². The fourth-order valence-electron chi connectivity index (χ4n) is 2.79. The molecule has 0 spiro atoms. The van der Waals surface area contributed by atoms with E-state index in [-0.39, 0.29) is 12.7 Å². The van der Waals surface area contributed by atoms with Crippen LogP contribution in [0.1, 0.15) is 31.4 Å². The molecule has 138 valence electrons. The number of amides is 1. The number of nitrogens with one attached hydrogen (secondary N) is 1. The van der Waals surface area contributed by atoms with Crippen LogP contribution in [0.2, 0.25) is 5.02 Å². The number of hydrogen-bond donors (Lipinski definition) is 1. The Kier molecular flexibility index (Phi) is 6.46. The lowest BCUT2D eigenvalue weighted by atomic mass is 10.1. The Morgan fingerprint density at radius 1 is 1.31 bits per heavy atom. The molecular formula is C20H22ClNO3S. The normalized spacial score (nSPS) is 13.2. The van der Waals surface area contributed by atoms with E-state index in [1.807, 2.05) is 50.2 Å². The minimum absolute atomic E-state index is 0.0358. The van der Waals surface area contributed by atoms with Crippen LogP contribution < -0.4 is 10.1 Å². The van der Waals surface area contributed by atoms with Gasteiger partial charge in [-0.3, -0.25) is 4.79 Å². The standard InChI is InChI=1S/C20H22ClNO3S/c1-13(2)7-19(23)22-17-5-3-4-6-18(17)26-11-15-9-16(21)8-14-10-24-12-25-20(14)15/h3-6,8-9,13H,7,10-12H2,1-2H3,(H,22,23). The van der Waals surface area contributed by atoms with Gasteiger partial charge in [0.25, 0.3) is 0 Å². The topological polar surface area (TPSA) is 47.6 Å². The zero-order valence-corrected chi connectivity index (χ0v) is 16.5. The van der Waals surface area contributed by atoms with Crippen molar-refractivity contribution in [1.82, 2.24) is 0 Å². The second-order valence-corrected chi connectivity index (χ2v) is 8.05. The van der Waals surface area contributed by atoms with Crippen molar-refractivity contribution in [3.8, 4) is 5.75 Å². The van der Waals surface area contributed by atoms with E-state index in [1.165, 1.54) is 0 Å². The number of hydrogen-bond acceptors (Lipinski definition) is 4. The molecule has 0 aliphatic carbocycles. The van der Waals surface area contributed by atoms with Gasteiger partial charge in [0.15, 0.2) is 6.79 Å². The van der Waals surface area contributed by atoms with Crippen molar-refractivity contribution in [3.63, 3.8) is 0 Å². The van der Waals surface area contributed by atoms with Gasteiger partial charge in [0.1, 0.15) is 5.75 Å². The molecule has 2 aromatic carbocycles. The van der Waals surface area contributed by atoms with Crippen molar-refractivity contribution < 1.29 is 14.3 Å². The largest absolute Gasteiger partial charge is 0.467 e. The highest BCUT2D eigenvalue weighted by Gasteiger charge is 2.17. The number of anilines is 1. The Labute approximate surface area is 163 Å². The van der Waals surface area contributed by atoms with Gasteiger partial charge in [-0.2, -0.15) is 0 Å². The average molecular weight is 392 g/mol. The van der Waals surface area contributed by atoms with E-state index in [0.717, 1.165) is 27.5 Å². The van der Waals surface area contributed by atoms with Crippen molar-refractivity contribution in [1.29, 1.82) is 0 Å². The molecular weight excluding hydrogens is 370 g/mol. The monoisotopic (exact) mass is 391 g/mol. The number of ether oxygens (including phenoxy) is 2. The molecule has 0 atom stereocenters. The van der Waals surface area contributed by atoms with Crippen LogP contribution in [0.4, 0.5) is 5.69 Å². The van der Waals surface area contributed by atoms with Gasteiger partial charge in [0.2, 0.25) is 5.91 Å². The van der Waals surface area contributed by atoms with Gasteiger partial charge in [-0.15, -0.1) is 11.8 Å². The first-order valence-corrected chi connectivity index (χ1v) is 9.93.